The number of hydrogen-bond donors (Lipinski definition) is 1. The van der Waals surface area contributed by atoms with Crippen molar-refractivity contribution in [3.63, 3.8) is 0 Å². The lowest BCUT2D eigenvalue weighted by Gasteiger charge is -1.79. The first-order chi connectivity index (χ1) is 3.83. The summed E-state index contributed by atoms with van der Waals surface area (Å²) in [4.78, 5) is 0. The van der Waals surface area contributed by atoms with Crippen LogP contribution in [0.1, 0.15) is 12.7 Å². The Kier molecular flexibility index (Phi) is 1.24. The first-order valence-electron chi connectivity index (χ1n) is 2.66. The van der Waals surface area contributed by atoms with E-state index < -0.39 is 0 Å². The van der Waals surface area contributed by atoms with Crippen molar-refractivity contribution in [1.29, 1.82) is 0 Å². The van der Waals surface area contributed by atoms with E-state index in [-0.39, 0.29) is 0 Å². The van der Waals surface area contributed by atoms with E-state index in [1.54, 1.807) is 6.26 Å². The van der Waals surface area contributed by atoms with Gasteiger partial charge < -0.3 is 10.2 Å². The summed E-state index contributed by atoms with van der Waals surface area (Å²) in [6.45, 7) is 2.03. The van der Waals surface area contributed by atoms with Gasteiger partial charge in [-0.15, -0.1) is 0 Å². The maximum Gasteiger partial charge on any atom is 0.114 e. The van der Waals surface area contributed by atoms with Gasteiger partial charge in [0.15, 0.2) is 0 Å². The van der Waals surface area contributed by atoms with Gasteiger partial charge in [0.1, 0.15) is 12.0 Å². The summed E-state index contributed by atoms with van der Waals surface area (Å²) in [7, 11) is 0. The zero-order valence-corrected chi connectivity index (χ0v) is 4.85. The highest BCUT2D eigenvalue weighted by Gasteiger charge is 1.91. The molecule has 0 unspecified atom stereocenters. The molecule has 0 fully saturated rings. The summed E-state index contributed by atoms with van der Waals surface area (Å²) in [6.07, 6.45) is 2.47. The molecule has 2 N–H and O–H groups in total. The molecule has 0 aliphatic rings. The monoisotopic (exact) mass is 111 g/mol. The van der Waals surface area contributed by atoms with Crippen LogP contribution in [0.4, 0.5) is 5.69 Å². The summed E-state index contributed by atoms with van der Waals surface area (Å²) in [6, 6.07) is 1.83. The van der Waals surface area contributed by atoms with E-state index in [2.05, 4.69) is 0 Å². The Morgan fingerprint density at radius 2 is 2.50 bits per heavy atom. The van der Waals surface area contributed by atoms with Crippen molar-refractivity contribution in [3.05, 3.63) is 18.1 Å². The highest BCUT2D eigenvalue weighted by atomic mass is 16.3. The number of rotatable bonds is 1. The minimum atomic E-state index is 0.710. The zero-order chi connectivity index (χ0) is 5.98. The van der Waals surface area contributed by atoms with Crippen LogP contribution < -0.4 is 5.73 Å². The summed E-state index contributed by atoms with van der Waals surface area (Å²) < 4.78 is 4.99. The first kappa shape index (κ1) is 5.22. The van der Waals surface area contributed by atoms with Crippen LogP contribution in [-0.4, -0.2) is 0 Å². The van der Waals surface area contributed by atoms with Crippen molar-refractivity contribution in [2.75, 3.05) is 5.73 Å². The molecular weight excluding hydrogens is 102 g/mol. The molecule has 0 bridgehead atoms. The molecule has 2 nitrogen and oxygen atoms in total. The van der Waals surface area contributed by atoms with Crippen LogP contribution >= 0.6 is 0 Å². The normalized spacial score (nSPS) is 9.62. The smallest absolute Gasteiger partial charge is 0.114 e. The standard InChI is InChI=1S/C6H9NO/c1-2-6-3-5(7)4-8-6/h3-4H,2,7H2,1H3. The molecule has 1 heterocycles. The fourth-order valence-corrected chi connectivity index (χ4v) is 0.583. The van der Waals surface area contributed by atoms with Gasteiger partial charge in [0.25, 0.3) is 0 Å². The molecule has 0 aromatic carbocycles. The van der Waals surface area contributed by atoms with Gasteiger partial charge in [0, 0.05) is 12.5 Å². The molecule has 1 aromatic rings. The molecule has 1 aromatic heterocycles. The van der Waals surface area contributed by atoms with Crippen molar-refractivity contribution in [2.45, 2.75) is 13.3 Å². The Labute approximate surface area is 48.3 Å². The van der Waals surface area contributed by atoms with Crippen LogP contribution in [-0.2, 0) is 6.42 Å². The number of aryl methyl sites for hydroxylation is 1. The fraction of sp³-hybridized carbons (Fsp3) is 0.333. The molecule has 0 aliphatic carbocycles. The molecule has 0 aliphatic heterocycles. The molecule has 0 radical (unpaired) electrons. The second kappa shape index (κ2) is 1.90. The Balaban J connectivity index is 2.84. The maximum atomic E-state index is 5.36. The molecule has 0 saturated heterocycles. The lowest BCUT2D eigenvalue weighted by atomic mass is 10.3. The molecule has 8 heavy (non-hydrogen) atoms. The van der Waals surface area contributed by atoms with Gasteiger partial charge in [-0.25, -0.2) is 0 Å². The van der Waals surface area contributed by atoms with Gasteiger partial charge in [-0.3, -0.25) is 0 Å². The molecule has 44 valence electrons. The van der Waals surface area contributed by atoms with Crippen molar-refractivity contribution < 1.29 is 4.42 Å². The summed E-state index contributed by atoms with van der Waals surface area (Å²) in [5, 5.41) is 0. The quantitative estimate of drug-likeness (QED) is 0.595. The van der Waals surface area contributed by atoms with Crippen molar-refractivity contribution in [1.82, 2.24) is 0 Å². The Morgan fingerprint density at radius 1 is 1.75 bits per heavy atom. The van der Waals surface area contributed by atoms with Crippen molar-refractivity contribution in [3.8, 4) is 0 Å². The van der Waals surface area contributed by atoms with Crippen LogP contribution in [0, 0.1) is 0 Å². The number of hydrogen-bond acceptors (Lipinski definition) is 2. The van der Waals surface area contributed by atoms with Gasteiger partial charge in [-0.05, 0) is 0 Å². The van der Waals surface area contributed by atoms with Crippen LogP contribution in [0.25, 0.3) is 0 Å². The Bertz CT molecular complexity index is 169. The van der Waals surface area contributed by atoms with E-state index in [4.69, 9.17) is 10.2 Å². The summed E-state index contributed by atoms with van der Waals surface area (Å²) in [5.41, 5.74) is 6.07. The third-order valence-electron chi connectivity index (χ3n) is 1.02. The molecule has 0 atom stereocenters. The van der Waals surface area contributed by atoms with E-state index in [0.717, 1.165) is 12.2 Å². The van der Waals surface area contributed by atoms with E-state index in [1.165, 1.54) is 0 Å². The highest BCUT2D eigenvalue weighted by Crippen LogP contribution is 2.08. The van der Waals surface area contributed by atoms with E-state index in [0.29, 0.717) is 5.69 Å². The summed E-state index contributed by atoms with van der Waals surface area (Å²) >= 11 is 0. The fourth-order valence-electron chi connectivity index (χ4n) is 0.583. The second-order valence-electron chi connectivity index (χ2n) is 1.70. The third-order valence-corrected chi connectivity index (χ3v) is 1.02. The SMILES string of the molecule is CCc1cc(N)co1. The van der Waals surface area contributed by atoms with Gasteiger partial charge in [0.2, 0.25) is 0 Å². The highest BCUT2D eigenvalue weighted by molar-refractivity contribution is 5.34. The number of furan rings is 1. The maximum absolute atomic E-state index is 5.36. The first-order valence-corrected chi connectivity index (χ1v) is 2.66. The van der Waals surface area contributed by atoms with Gasteiger partial charge in [-0.1, -0.05) is 6.92 Å². The predicted octanol–water partition coefficient (Wildman–Crippen LogP) is 1.42. The number of nitrogens with two attached hydrogens (primary N) is 1. The average Bonchev–Trinajstić information content (AvgIpc) is 2.14. The minimum absolute atomic E-state index is 0.710. The molecule has 1 rings (SSSR count). The van der Waals surface area contributed by atoms with E-state index in [9.17, 15) is 0 Å². The van der Waals surface area contributed by atoms with Crippen molar-refractivity contribution in [2.24, 2.45) is 0 Å². The zero-order valence-electron chi connectivity index (χ0n) is 4.85. The van der Waals surface area contributed by atoms with Crippen LogP contribution in [0.3, 0.4) is 0 Å². The van der Waals surface area contributed by atoms with E-state index in [1.807, 2.05) is 13.0 Å². The largest absolute Gasteiger partial charge is 0.467 e. The lowest BCUT2D eigenvalue weighted by Crippen LogP contribution is -1.76. The van der Waals surface area contributed by atoms with Gasteiger partial charge >= 0.3 is 0 Å². The average molecular weight is 111 g/mol. The Morgan fingerprint density at radius 3 is 2.75 bits per heavy atom. The molecule has 0 amide bonds. The topological polar surface area (TPSA) is 39.2 Å². The summed E-state index contributed by atoms with van der Waals surface area (Å²) in [5.74, 6) is 0.947. The molecule has 2 heteroatoms. The minimum Gasteiger partial charge on any atom is -0.467 e. The van der Waals surface area contributed by atoms with Gasteiger partial charge in [-0.2, -0.15) is 0 Å². The second-order valence-corrected chi connectivity index (χ2v) is 1.70. The van der Waals surface area contributed by atoms with Crippen LogP contribution in [0.2, 0.25) is 0 Å². The molecule has 0 spiro atoms. The molecular formula is C6H9NO. The number of anilines is 1. The van der Waals surface area contributed by atoms with Crippen molar-refractivity contribution >= 4 is 5.69 Å². The van der Waals surface area contributed by atoms with Gasteiger partial charge in [0.05, 0.1) is 5.69 Å². The Hall–Kier alpha value is -0.920. The number of nitrogen functional groups attached to an aromatic ring is 1. The molecule has 0 saturated carbocycles. The lowest BCUT2D eigenvalue weighted by molar-refractivity contribution is 0.517. The van der Waals surface area contributed by atoms with Crippen LogP contribution in [0.15, 0.2) is 16.7 Å². The third kappa shape index (κ3) is 0.832. The van der Waals surface area contributed by atoms with E-state index >= 15 is 0 Å². The predicted molar refractivity (Wildman–Crippen MR) is 32.5 cm³/mol. The van der Waals surface area contributed by atoms with Crippen LogP contribution in [0.5, 0.6) is 0 Å².